The fraction of sp³-hybridized carbons (Fsp3) is 0.647. The first-order valence-corrected chi connectivity index (χ1v) is 9.43. The number of rotatable bonds is 14. The van der Waals surface area contributed by atoms with E-state index in [4.69, 9.17) is 21.7 Å². The van der Waals surface area contributed by atoms with E-state index in [2.05, 4.69) is 10.6 Å². The van der Waals surface area contributed by atoms with E-state index in [9.17, 15) is 39.0 Å². The number of nitrogens with one attached hydrogen (secondary N) is 3. The van der Waals surface area contributed by atoms with Crippen molar-refractivity contribution in [3.05, 3.63) is 0 Å². The van der Waals surface area contributed by atoms with E-state index in [-0.39, 0.29) is 12.8 Å². The molecular weight excluding hydrogens is 434 g/mol. The molecule has 0 aliphatic heterocycles. The predicted octanol–water partition coefficient (Wildman–Crippen LogP) is -4.65. The van der Waals surface area contributed by atoms with Crippen molar-refractivity contribution < 1.29 is 49.2 Å². The number of aliphatic hydroxyl groups is 2. The van der Waals surface area contributed by atoms with E-state index in [1.54, 1.807) is 0 Å². The third kappa shape index (κ3) is 10.1. The third-order valence-electron chi connectivity index (χ3n) is 4.15. The van der Waals surface area contributed by atoms with E-state index in [0.29, 0.717) is 0 Å². The van der Waals surface area contributed by atoms with E-state index in [1.807, 2.05) is 5.32 Å². The number of carbonyl (C=O) groups excluding carboxylic acids is 4. The molecule has 15 nitrogen and oxygen atoms in total. The van der Waals surface area contributed by atoms with Crippen LogP contribution in [0, 0.1) is 0 Å². The van der Waals surface area contributed by atoms with Gasteiger partial charge in [-0.05, 0) is 20.3 Å². The molecule has 0 radical (unpaired) electrons. The van der Waals surface area contributed by atoms with Gasteiger partial charge in [-0.15, -0.1) is 0 Å². The lowest BCUT2D eigenvalue weighted by molar-refractivity contribution is -0.146. The van der Waals surface area contributed by atoms with Gasteiger partial charge in [0, 0.05) is 6.42 Å². The van der Waals surface area contributed by atoms with Crippen LogP contribution in [0.25, 0.3) is 0 Å². The zero-order chi connectivity index (χ0) is 25.2. The first-order chi connectivity index (χ1) is 14.7. The molecule has 0 aliphatic rings. The average molecular weight is 463 g/mol. The molecule has 6 atom stereocenters. The number of primary amides is 1. The Balaban J connectivity index is 5.49. The van der Waals surface area contributed by atoms with E-state index in [1.165, 1.54) is 0 Å². The number of aliphatic carboxylic acids is 2. The topological polar surface area (TPSA) is 271 Å². The minimum absolute atomic E-state index is 0.341. The molecule has 0 spiro atoms. The number of carbonyl (C=O) groups is 6. The lowest BCUT2D eigenvalue weighted by Crippen LogP contribution is -2.61. The quantitative estimate of drug-likeness (QED) is 0.118. The van der Waals surface area contributed by atoms with Crippen LogP contribution in [-0.4, -0.2) is 92.4 Å². The maximum absolute atomic E-state index is 12.6. The molecule has 15 heteroatoms. The highest BCUT2D eigenvalue weighted by atomic mass is 16.4. The van der Waals surface area contributed by atoms with Crippen LogP contribution in [0.1, 0.15) is 33.1 Å². The smallest absolute Gasteiger partial charge is 0.328 e. The molecule has 32 heavy (non-hydrogen) atoms. The molecule has 6 unspecified atom stereocenters. The molecular formula is C17H29N5O10. The molecule has 0 fully saturated rings. The highest BCUT2D eigenvalue weighted by molar-refractivity contribution is 5.95. The SMILES string of the molecule is CC(O)C(NC(=O)C(NC(=O)C(CCC(N)=O)NC(=O)C(N)CC(=O)O)C(C)O)C(=O)O. The number of carboxylic acids is 2. The molecule has 0 aliphatic carbocycles. The van der Waals surface area contributed by atoms with Gasteiger partial charge in [-0.1, -0.05) is 0 Å². The van der Waals surface area contributed by atoms with Gasteiger partial charge >= 0.3 is 11.9 Å². The fourth-order valence-electron chi connectivity index (χ4n) is 2.41. The van der Waals surface area contributed by atoms with Crippen molar-refractivity contribution in [2.24, 2.45) is 11.5 Å². The Morgan fingerprint density at radius 3 is 1.72 bits per heavy atom. The van der Waals surface area contributed by atoms with Crippen molar-refractivity contribution in [2.75, 3.05) is 0 Å². The van der Waals surface area contributed by atoms with Crippen LogP contribution in [0.3, 0.4) is 0 Å². The maximum Gasteiger partial charge on any atom is 0.328 e. The molecule has 182 valence electrons. The molecule has 0 aromatic carbocycles. The van der Waals surface area contributed by atoms with Gasteiger partial charge in [-0.2, -0.15) is 0 Å². The first kappa shape index (κ1) is 28.7. The second-order valence-electron chi connectivity index (χ2n) is 7.06. The van der Waals surface area contributed by atoms with Gasteiger partial charge in [-0.3, -0.25) is 24.0 Å². The zero-order valence-electron chi connectivity index (χ0n) is 17.5. The Morgan fingerprint density at radius 2 is 1.31 bits per heavy atom. The lowest BCUT2D eigenvalue weighted by atomic mass is 10.1. The van der Waals surface area contributed by atoms with Gasteiger partial charge in [0.15, 0.2) is 6.04 Å². The highest BCUT2D eigenvalue weighted by Gasteiger charge is 2.34. The van der Waals surface area contributed by atoms with E-state index in [0.717, 1.165) is 13.8 Å². The first-order valence-electron chi connectivity index (χ1n) is 9.43. The molecule has 0 rings (SSSR count). The predicted molar refractivity (Wildman–Crippen MR) is 105 cm³/mol. The summed E-state index contributed by atoms with van der Waals surface area (Å²) in [6.45, 7) is 2.22. The zero-order valence-corrected chi connectivity index (χ0v) is 17.5. The molecule has 4 amide bonds. The normalized spacial score (nSPS) is 16.4. The Hall–Kier alpha value is -3.30. The van der Waals surface area contributed by atoms with Crippen LogP contribution in [0.4, 0.5) is 0 Å². The standard InChI is InChI=1S/C17H29N5O10/c1-6(23)12(16(30)22-13(7(2)24)17(31)32)21-15(29)9(3-4-10(19)25)20-14(28)8(18)5-11(26)27/h6-9,12-13,23-24H,3-5,18H2,1-2H3,(H2,19,25)(H,20,28)(H,21,29)(H,22,30)(H,26,27)(H,31,32). The van der Waals surface area contributed by atoms with Crippen LogP contribution in [0.2, 0.25) is 0 Å². The third-order valence-corrected chi connectivity index (χ3v) is 4.15. The molecule has 0 saturated carbocycles. The van der Waals surface area contributed by atoms with E-state index < -0.39 is 78.4 Å². The summed E-state index contributed by atoms with van der Waals surface area (Å²) in [5.74, 6) is -7.00. The van der Waals surface area contributed by atoms with Gasteiger partial charge in [0.2, 0.25) is 23.6 Å². The number of hydrogen-bond acceptors (Lipinski definition) is 9. The fourth-order valence-corrected chi connectivity index (χ4v) is 2.41. The van der Waals surface area contributed by atoms with Gasteiger partial charge < -0.3 is 47.8 Å². The van der Waals surface area contributed by atoms with Crippen molar-refractivity contribution in [1.82, 2.24) is 16.0 Å². The van der Waals surface area contributed by atoms with Crippen LogP contribution in [0.5, 0.6) is 0 Å². The molecule has 0 bridgehead atoms. The van der Waals surface area contributed by atoms with Crippen LogP contribution >= 0.6 is 0 Å². The summed E-state index contributed by atoms with van der Waals surface area (Å²) in [6.07, 6.45) is -4.50. The van der Waals surface area contributed by atoms with E-state index >= 15 is 0 Å². The summed E-state index contributed by atoms with van der Waals surface area (Å²) in [4.78, 5) is 70.0. The Kier molecular flexibility index (Phi) is 11.8. The number of amides is 4. The number of aliphatic hydroxyl groups excluding tert-OH is 2. The minimum atomic E-state index is -1.74. The summed E-state index contributed by atoms with van der Waals surface area (Å²) in [6, 6.07) is -6.45. The monoisotopic (exact) mass is 463 g/mol. The second kappa shape index (κ2) is 13.2. The largest absolute Gasteiger partial charge is 0.481 e. The van der Waals surface area contributed by atoms with Crippen LogP contribution in [-0.2, 0) is 28.8 Å². The molecule has 11 N–H and O–H groups in total. The molecule has 0 heterocycles. The number of hydrogen-bond donors (Lipinski definition) is 9. The summed E-state index contributed by atoms with van der Waals surface area (Å²) < 4.78 is 0. The molecule has 0 aromatic rings. The maximum atomic E-state index is 12.6. The van der Waals surface area contributed by atoms with Crippen molar-refractivity contribution in [3.8, 4) is 0 Å². The van der Waals surface area contributed by atoms with Gasteiger partial charge in [0.05, 0.1) is 24.7 Å². The highest BCUT2D eigenvalue weighted by Crippen LogP contribution is 2.04. The molecule has 0 aromatic heterocycles. The second-order valence-corrected chi connectivity index (χ2v) is 7.06. The molecule has 0 saturated heterocycles. The summed E-state index contributed by atoms with van der Waals surface area (Å²) >= 11 is 0. The Labute approximate surface area is 182 Å². The summed E-state index contributed by atoms with van der Waals surface area (Å²) in [5, 5.41) is 43.3. The lowest BCUT2D eigenvalue weighted by Gasteiger charge is -2.27. The van der Waals surface area contributed by atoms with Crippen molar-refractivity contribution in [2.45, 2.75) is 69.5 Å². The van der Waals surface area contributed by atoms with Gasteiger partial charge in [0.25, 0.3) is 0 Å². The van der Waals surface area contributed by atoms with Gasteiger partial charge in [-0.25, -0.2) is 4.79 Å². The number of nitrogens with two attached hydrogens (primary N) is 2. The van der Waals surface area contributed by atoms with Crippen LogP contribution < -0.4 is 27.4 Å². The van der Waals surface area contributed by atoms with Crippen molar-refractivity contribution in [1.29, 1.82) is 0 Å². The van der Waals surface area contributed by atoms with Crippen molar-refractivity contribution in [3.63, 3.8) is 0 Å². The Morgan fingerprint density at radius 1 is 0.812 bits per heavy atom. The van der Waals surface area contributed by atoms with Crippen LogP contribution in [0.15, 0.2) is 0 Å². The summed E-state index contributed by atoms with van der Waals surface area (Å²) in [7, 11) is 0. The Bertz CT molecular complexity index is 727. The van der Waals surface area contributed by atoms with Crippen molar-refractivity contribution >= 4 is 35.6 Å². The van der Waals surface area contributed by atoms with Gasteiger partial charge in [0.1, 0.15) is 12.1 Å². The minimum Gasteiger partial charge on any atom is -0.481 e. The average Bonchev–Trinajstić information content (AvgIpc) is 2.65. The summed E-state index contributed by atoms with van der Waals surface area (Å²) in [5.41, 5.74) is 10.5. The number of carboxylic acid groups (broad SMARTS) is 2.